The summed E-state index contributed by atoms with van der Waals surface area (Å²) in [7, 11) is 0. The van der Waals surface area contributed by atoms with E-state index < -0.39 is 5.97 Å². The van der Waals surface area contributed by atoms with E-state index in [0.29, 0.717) is 0 Å². The van der Waals surface area contributed by atoms with E-state index in [1.165, 1.54) is 0 Å². The number of carboxylic acids is 1. The molecule has 0 radical (unpaired) electrons. The number of nitrogens with one attached hydrogen (secondary N) is 1. The van der Waals surface area contributed by atoms with Crippen molar-refractivity contribution in [2.45, 2.75) is 0 Å². The van der Waals surface area contributed by atoms with Gasteiger partial charge in [0.05, 0.1) is 5.56 Å². The van der Waals surface area contributed by atoms with Gasteiger partial charge in [0.15, 0.2) is 11.0 Å². The summed E-state index contributed by atoms with van der Waals surface area (Å²) in [6, 6.07) is 14.7. The summed E-state index contributed by atoms with van der Waals surface area (Å²) in [5.41, 5.74) is 3.14. The van der Waals surface area contributed by atoms with Crippen molar-refractivity contribution in [1.29, 1.82) is 0 Å². The van der Waals surface area contributed by atoms with Gasteiger partial charge >= 0.3 is 5.97 Å². The standard InChI is InChI=1S/C14H10N2O2/c17-14(18)10-4-3-5-11(8-10)16-9-15-12-6-1-2-7-13(12)16/h1-9H,(H,17,18)/p+1. The van der Waals surface area contributed by atoms with Crippen LogP contribution >= 0.6 is 0 Å². The summed E-state index contributed by atoms with van der Waals surface area (Å²) < 4.78 is 1.93. The van der Waals surface area contributed by atoms with Gasteiger partial charge < -0.3 is 5.11 Å². The number of aromatic amines is 1. The fourth-order valence-electron chi connectivity index (χ4n) is 2.01. The molecule has 0 aliphatic heterocycles. The Morgan fingerprint density at radius 2 is 1.94 bits per heavy atom. The van der Waals surface area contributed by atoms with Crippen LogP contribution in [-0.2, 0) is 0 Å². The van der Waals surface area contributed by atoms with Crippen molar-refractivity contribution >= 4 is 17.0 Å². The van der Waals surface area contributed by atoms with E-state index in [9.17, 15) is 4.79 Å². The first kappa shape index (κ1) is 10.5. The monoisotopic (exact) mass is 239 g/mol. The summed E-state index contributed by atoms with van der Waals surface area (Å²) >= 11 is 0. The van der Waals surface area contributed by atoms with Crippen LogP contribution in [0.2, 0.25) is 0 Å². The van der Waals surface area contributed by atoms with Gasteiger partial charge in [0.2, 0.25) is 6.33 Å². The van der Waals surface area contributed by atoms with E-state index in [1.807, 2.05) is 41.2 Å². The Morgan fingerprint density at radius 3 is 2.78 bits per heavy atom. The van der Waals surface area contributed by atoms with Crippen LogP contribution in [0.15, 0.2) is 54.9 Å². The Bertz CT molecular complexity index is 731. The fourth-order valence-corrected chi connectivity index (χ4v) is 2.01. The Balaban J connectivity index is 2.20. The molecule has 0 spiro atoms. The zero-order chi connectivity index (χ0) is 12.5. The molecule has 3 rings (SSSR count). The van der Waals surface area contributed by atoms with Crippen LogP contribution in [0.3, 0.4) is 0 Å². The van der Waals surface area contributed by atoms with Crippen molar-refractivity contribution in [2.24, 2.45) is 0 Å². The third-order valence-electron chi connectivity index (χ3n) is 2.88. The average Bonchev–Trinajstić information content (AvgIpc) is 2.82. The quantitative estimate of drug-likeness (QED) is 0.673. The summed E-state index contributed by atoms with van der Waals surface area (Å²) in [4.78, 5) is 14.1. The zero-order valence-electron chi connectivity index (χ0n) is 9.50. The third kappa shape index (κ3) is 1.64. The summed E-state index contributed by atoms with van der Waals surface area (Å²) in [5, 5.41) is 9.00. The van der Waals surface area contributed by atoms with Gasteiger partial charge in [0, 0.05) is 0 Å². The number of hydrogen-bond donors (Lipinski definition) is 2. The topological polar surface area (TPSA) is 57.0 Å². The normalized spacial score (nSPS) is 10.7. The molecule has 4 heteroatoms. The van der Waals surface area contributed by atoms with Crippen molar-refractivity contribution in [2.75, 3.05) is 0 Å². The highest BCUT2D eigenvalue weighted by atomic mass is 16.4. The molecule has 2 aromatic carbocycles. The van der Waals surface area contributed by atoms with Gasteiger partial charge in [0.1, 0.15) is 5.69 Å². The average molecular weight is 239 g/mol. The molecule has 0 fully saturated rings. The fraction of sp³-hybridized carbons (Fsp3) is 0. The van der Waals surface area contributed by atoms with Crippen LogP contribution in [0, 0.1) is 0 Å². The first-order valence-electron chi connectivity index (χ1n) is 5.57. The van der Waals surface area contributed by atoms with E-state index in [1.54, 1.807) is 18.2 Å². The number of imidazole rings is 1. The molecule has 1 aromatic heterocycles. The molecule has 0 unspecified atom stereocenters. The molecule has 88 valence electrons. The second kappa shape index (κ2) is 4.00. The molecule has 0 aliphatic carbocycles. The van der Waals surface area contributed by atoms with E-state index in [4.69, 9.17) is 5.11 Å². The highest BCUT2D eigenvalue weighted by Crippen LogP contribution is 2.11. The number of carbonyl (C=O) groups is 1. The van der Waals surface area contributed by atoms with Crippen molar-refractivity contribution in [3.05, 3.63) is 60.4 Å². The first-order chi connectivity index (χ1) is 8.75. The van der Waals surface area contributed by atoms with E-state index in [0.717, 1.165) is 16.7 Å². The number of nitrogens with zero attached hydrogens (tertiary/aromatic N) is 1. The van der Waals surface area contributed by atoms with Gasteiger partial charge in [-0.05, 0) is 30.3 Å². The van der Waals surface area contributed by atoms with Gasteiger partial charge in [-0.2, -0.15) is 4.57 Å². The minimum absolute atomic E-state index is 0.283. The molecular weight excluding hydrogens is 228 g/mol. The van der Waals surface area contributed by atoms with Crippen LogP contribution in [-0.4, -0.2) is 16.1 Å². The van der Waals surface area contributed by atoms with Crippen LogP contribution in [0.25, 0.3) is 16.7 Å². The van der Waals surface area contributed by atoms with Gasteiger partial charge in [-0.1, -0.05) is 18.2 Å². The zero-order valence-corrected chi connectivity index (χ0v) is 9.50. The van der Waals surface area contributed by atoms with Gasteiger partial charge in [-0.3, -0.25) is 0 Å². The number of para-hydroxylation sites is 2. The number of rotatable bonds is 2. The van der Waals surface area contributed by atoms with Gasteiger partial charge in [-0.15, -0.1) is 0 Å². The minimum Gasteiger partial charge on any atom is -0.478 e. The largest absolute Gasteiger partial charge is 0.478 e. The Hall–Kier alpha value is -2.62. The lowest BCUT2D eigenvalue weighted by atomic mass is 10.2. The predicted octanol–water partition coefficient (Wildman–Crippen LogP) is 2.14. The molecule has 0 bridgehead atoms. The second-order valence-corrected chi connectivity index (χ2v) is 4.02. The summed E-state index contributed by atoms with van der Waals surface area (Å²) in [6.07, 6.45) is 1.83. The number of aromatic nitrogens is 2. The van der Waals surface area contributed by atoms with E-state index in [2.05, 4.69) is 4.98 Å². The van der Waals surface area contributed by atoms with Crippen LogP contribution < -0.4 is 4.57 Å². The molecular formula is C14H11N2O2+. The van der Waals surface area contributed by atoms with Crippen LogP contribution in [0.1, 0.15) is 10.4 Å². The van der Waals surface area contributed by atoms with Crippen molar-refractivity contribution in [3.63, 3.8) is 0 Å². The maximum absolute atomic E-state index is 11.0. The Labute approximate surface area is 103 Å². The molecule has 2 N–H and O–H groups in total. The first-order valence-corrected chi connectivity index (χ1v) is 5.57. The second-order valence-electron chi connectivity index (χ2n) is 4.02. The van der Waals surface area contributed by atoms with Crippen LogP contribution in [0.5, 0.6) is 0 Å². The maximum atomic E-state index is 11.0. The smallest absolute Gasteiger partial charge is 0.335 e. The number of aromatic carboxylic acids is 1. The highest BCUT2D eigenvalue weighted by Gasteiger charge is 2.12. The SMILES string of the molecule is O=C(O)c1cccc(-[n+]2c[nH]c3ccccc32)c1. The lowest BCUT2D eigenvalue weighted by Gasteiger charge is -1.99. The summed E-state index contributed by atoms with van der Waals surface area (Å²) in [6.45, 7) is 0. The Morgan fingerprint density at radius 1 is 1.11 bits per heavy atom. The number of carboxylic acid groups (broad SMARTS) is 1. The minimum atomic E-state index is -0.919. The maximum Gasteiger partial charge on any atom is 0.335 e. The van der Waals surface area contributed by atoms with Crippen molar-refractivity contribution < 1.29 is 14.5 Å². The predicted molar refractivity (Wildman–Crippen MR) is 66.8 cm³/mol. The van der Waals surface area contributed by atoms with Crippen LogP contribution in [0.4, 0.5) is 0 Å². The number of H-pyrrole nitrogens is 1. The molecule has 0 aliphatic rings. The number of benzene rings is 2. The molecule has 18 heavy (non-hydrogen) atoms. The molecule has 0 amide bonds. The Kier molecular flexibility index (Phi) is 2.34. The molecule has 1 heterocycles. The lowest BCUT2D eigenvalue weighted by Crippen LogP contribution is -2.28. The molecule has 3 aromatic rings. The van der Waals surface area contributed by atoms with Crippen molar-refractivity contribution in [3.8, 4) is 5.69 Å². The van der Waals surface area contributed by atoms with E-state index in [-0.39, 0.29) is 5.56 Å². The molecule has 0 saturated heterocycles. The number of fused-ring (bicyclic) bond motifs is 1. The number of hydrogen-bond acceptors (Lipinski definition) is 1. The molecule has 0 saturated carbocycles. The van der Waals surface area contributed by atoms with Gasteiger partial charge in [0.25, 0.3) is 0 Å². The summed E-state index contributed by atoms with van der Waals surface area (Å²) in [5.74, 6) is -0.919. The molecule has 0 atom stereocenters. The third-order valence-corrected chi connectivity index (χ3v) is 2.88. The van der Waals surface area contributed by atoms with Crippen molar-refractivity contribution in [1.82, 2.24) is 4.98 Å². The van der Waals surface area contributed by atoms with E-state index >= 15 is 0 Å². The highest BCUT2D eigenvalue weighted by molar-refractivity contribution is 5.88. The van der Waals surface area contributed by atoms with Gasteiger partial charge in [-0.25, -0.2) is 9.78 Å². The lowest BCUT2D eigenvalue weighted by molar-refractivity contribution is -0.567. The molecule has 4 nitrogen and oxygen atoms in total.